The largest absolute Gasteiger partial charge is 0.481 e. The Labute approximate surface area is 124 Å². The summed E-state index contributed by atoms with van der Waals surface area (Å²) in [5.41, 5.74) is 0. The van der Waals surface area contributed by atoms with Crippen LogP contribution in [0, 0.1) is 0 Å². The number of hydrogen-bond donors (Lipinski definition) is 1. The molecule has 0 spiro atoms. The first-order valence-electron chi connectivity index (χ1n) is 6.83. The van der Waals surface area contributed by atoms with E-state index in [1.165, 1.54) is 0 Å². The maximum absolute atomic E-state index is 12.6. The summed E-state index contributed by atoms with van der Waals surface area (Å²) in [6.45, 7) is 5.53. The molecule has 1 N–H and O–H groups in total. The van der Waals surface area contributed by atoms with Gasteiger partial charge >= 0.3 is 12.0 Å². The second-order valence-corrected chi connectivity index (χ2v) is 6.23. The van der Waals surface area contributed by atoms with E-state index in [9.17, 15) is 9.59 Å². The van der Waals surface area contributed by atoms with E-state index in [0.29, 0.717) is 25.4 Å². The molecule has 20 heavy (non-hydrogen) atoms. The second-order valence-electron chi connectivity index (χ2n) is 5.08. The number of carboxylic acid groups (broad SMARTS) is 1. The first kappa shape index (κ1) is 17.1. The van der Waals surface area contributed by atoms with E-state index in [1.807, 2.05) is 13.8 Å². The molecule has 1 fully saturated rings. The Hall–Kier alpha value is -0.950. The van der Waals surface area contributed by atoms with Crippen LogP contribution in [0.2, 0.25) is 0 Å². The van der Waals surface area contributed by atoms with Crippen molar-refractivity contribution in [3.63, 3.8) is 0 Å². The van der Waals surface area contributed by atoms with E-state index in [1.54, 1.807) is 28.7 Å². The van der Waals surface area contributed by atoms with E-state index in [2.05, 4.69) is 0 Å². The van der Waals surface area contributed by atoms with Crippen molar-refractivity contribution in [2.24, 2.45) is 0 Å². The highest BCUT2D eigenvalue weighted by molar-refractivity contribution is 7.99. The van der Waals surface area contributed by atoms with Crippen molar-refractivity contribution >= 4 is 23.8 Å². The second kappa shape index (κ2) is 8.36. The number of urea groups is 1. The number of nitrogens with zero attached hydrogens (tertiary/aromatic N) is 2. The van der Waals surface area contributed by atoms with Crippen LogP contribution in [-0.2, 0) is 9.53 Å². The van der Waals surface area contributed by atoms with Gasteiger partial charge in [0.15, 0.2) is 0 Å². The number of ether oxygens (including phenoxy) is 1. The minimum Gasteiger partial charge on any atom is -0.481 e. The smallest absolute Gasteiger partial charge is 0.320 e. The van der Waals surface area contributed by atoms with Gasteiger partial charge in [-0.15, -0.1) is 0 Å². The van der Waals surface area contributed by atoms with Crippen molar-refractivity contribution in [3.05, 3.63) is 0 Å². The molecule has 1 rings (SSSR count). The van der Waals surface area contributed by atoms with Crippen LogP contribution in [0.3, 0.4) is 0 Å². The van der Waals surface area contributed by atoms with Crippen molar-refractivity contribution in [3.8, 4) is 0 Å². The normalized spacial score (nSPS) is 19.2. The van der Waals surface area contributed by atoms with E-state index >= 15 is 0 Å². The number of hydrogen-bond acceptors (Lipinski definition) is 4. The Morgan fingerprint density at radius 1 is 1.50 bits per heavy atom. The Kier molecular flexibility index (Phi) is 7.15. The molecule has 0 aromatic rings. The van der Waals surface area contributed by atoms with E-state index < -0.39 is 5.97 Å². The third-order valence-electron chi connectivity index (χ3n) is 3.29. The van der Waals surface area contributed by atoms with Crippen molar-refractivity contribution in [2.75, 3.05) is 38.3 Å². The third-order valence-corrected chi connectivity index (χ3v) is 4.38. The lowest BCUT2D eigenvalue weighted by molar-refractivity contribution is -0.138. The number of carbonyl (C=O) groups excluding carboxylic acids is 1. The van der Waals surface area contributed by atoms with Gasteiger partial charge in [-0.3, -0.25) is 4.79 Å². The minimum absolute atomic E-state index is 0.00888. The molecule has 0 aliphatic carbocycles. The lowest BCUT2D eigenvalue weighted by Crippen LogP contribution is -2.54. The number of thioether (sulfide) groups is 1. The Morgan fingerprint density at radius 3 is 2.75 bits per heavy atom. The number of carboxylic acids is 1. The van der Waals surface area contributed by atoms with Crippen LogP contribution < -0.4 is 0 Å². The lowest BCUT2D eigenvalue weighted by atomic mass is 10.2. The summed E-state index contributed by atoms with van der Waals surface area (Å²) in [6.07, 6.45) is 0.00888. The van der Waals surface area contributed by atoms with Gasteiger partial charge in [0.1, 0.15) is 0 Å². The lowest BCUT2D eigenvalue weighted by Gasteiger charge is -2.39. The summed E-state index contributed by atoms with van der Waals surface area (Å²) in [5.74, 6) is 0.690. The average Bonchev–Trinajstić information content (AvgIpc) is 2.38. The monoisotopic (exact) mass is 304 g/mol. The zero-order valence-electron chi connectivity index (χ0n) is 12.4. The van der Waals surface area contributed by atoms with Crippen LogP contribution in [0.5, 0.6) is 0 Å². The molecule has 116 valence electrons. The first-order valence-corrected chi connectivity index (χ1v) is 7.98. The molecule has 0 radical (unpaired) electrons. The van der Waals surface area contributed by atoms with Crippen LogP contribution in [0.15, 0.2) is 0 Å². The molecule has 0 saturated carbocycles. The molecule has 1 heterocycles. The zero-order chi connectivity index (χ0) is 15.1. The van der Waals surface area contributed by atoms with Crippen molar-refractivity contribution in [1.82, 2.24) is 9.80 Å². The number of amides is 2. The summed E-state index contributed by atoms with van der Waals surface area (Å²) in [7, 11) is 1.60. The fraction of sp³-hybridized carbons (Fsp3) is 0.846. The maximum atomic E-state index is 12.6. The highest BCUT2D eigenvalue weighted by Gasteiger charge is 2.32. The summed E-state index contributed by atoms with van der Waals surface area (Å²) in [4.78, 5) is 27.0. The summed E-state index contributed by atoms with van der Waals surface area (Å²) in [5, 5.41) is 8.97. The van der Waals surface area contributed by atoms with Crippen LogP contribution >= 0.6 is 11.8 Å². The molecule has 0 bridgehead atoms. The van der Waals surface area contributed by atoms with Crippen LogP contribution in [0.1, 0.15) is 20.3 Å². The molecule has 7 heteroatoms. The highest BCUT2D eigenvalue weighted by atomic mass is 32.2. The van der Waals surface area contributed by atoms with Gasteiger partial charge in [0, 0.05) is 37.7 Å². The zero-order valence-corrected chi connectivity index (χ0v) is 13.2. The fourth-order valence-electron chi connectivity index (χ4n) is 2.21. The Morgan fingerprint density at radius 2 is 2.20 bits per heavy atom. The van der Waals surface area contributed by atoms with Gasteiger partial charge < -0.3 is 19.6 Å². The summed E-state index contributed by atoms with van der Waals surface area (Å²) in [6, 6.07) is -0.233. The molecule has 1 aliphatic heterocycles. The summed E-state index contributed by atoms with van der Waals surface area (Å²) >= 11 is 1.70. The highest BCUT2D eigenvalue weighted by Crippen LogP contribution is 2.21. The quantitative estimate of drug-likeness (QED) is 0.802. The van der Waals surface area contributed by atoms with Gasteiger partial charge in [-0.05, 0) is 13.8 Å². The van der Waals surface area contributed by atoms with Gasteiger partial charge in [-0.2, -0.15) is 11.8 Å². The van der Waals surface area contributed by atoms with Crippen molar-refractivity contribution < 1.29 is 19.4 Å². The first-order chi connectivity index (χ1) is 9.47. The number of methoxy groups -OCH3 is 1. The molecule has 1 saturated heterocycles. The van der Waals surface area contributed by atoms with E-state index in [0.717, 1.165) is 5.75 Å². The van der Waals surface area contributed by atoms with Crippen LogP contribution in [0.4, 0.5) is 4.79 Å². The standard InChI is InChI=1S/C13H24N2O4S/c1-10(2)14(4-6-19-3)13(18)15-5-7-20-9-11(15)8-12(16)17/h10-11H,4-9H2,1-3H3,(H,16,17). The van der Waals surface area contributed by atoms with E-state index in [-0.39, 0.29) is 24.5 Å². The number of aliphatic carboxylic acids is 1. The Balaban J connectivity index is 2.75. The Bertz CT molecular complexity index is 338. The number of rotatable bonds is 6. The van der Waals surface area contributed by atoms with Crippen LogP contribution in [0.25, 0.3) is 0 Å². The third kappa shape index (κ3) is 4.86. The number of carbonyl (C=O) groups is 2. The van der Waals surface area contributed by atoms with Crippen LogP contribution in [-0.4, -0.2) is 77.3 Å². The molecular formula is C13H24N2O4S. The van der Waals surface area contributed by atoms with Gasteiger partial charge in [-0.1, -0.05) is 0 Å². The predicted octanol–water partition coefficient (Wildman–Crippen LogP) is 1.36. The van der Waals surface area contributed by atoms with Gasteiger partial charge in [0.2, 0.25) is 0 Å². The molecule has 2 amide bonds. The molecule has 1 atom stereocenters. The van der Waals surface area contributed by atoms with Gasteiger partial charge in [-0.25, -0.2) is 4.79 Å². The summed E-state index contributed by atoms with van der Waals surface area (Å²) < 4.78 is 5.04. The topological polar surface area (TPSA) is 70.1 Å². The minimum atomic E-state index is -0.858. The van der Waals surface area contributed by atoms with Crippen molar-refractivity contribution in [1.29, 1.82) is 0 Å². The molecule has 0 aromatic heterocycles. The molecule has 0 aromatic carbocycles. The maximum Gasteiger partial charge on any atom is 0.320 e. The average molecular weight is 304 g/mol. The SMILES string of the molecule is COCCN(C(=O)N1CCSCC1CC(=O)O)C(C)C. The fourth-order valence-corrected chi connectivity index (χ4v) is 3.27. The predicted molar refractivity (Wildman–Crippen MR) is 79.2 cm³/mol. The van der Waals surface area contributed by atoms with E-state index in [4.69, 9.17) is 9.84 Å². The molecular weight excluding hydrogens is 280 g/mol. The molecule has 1 aliphatic rings. The molecule has 1 unspecified atom stereocenters. The van der Waals surface area contributed by atoms with Crippen molar-refractivity contribution in [2.45, 2.75) is 32.4 Å². The molecule has 6 nitrogen and oxygen atoms in total. The van der Waals surface area contributed by atoms with Gasteiger partial charge in [0.25, 0.3) is 0 Å². The van der Waals surface area contributed by atoms with Gasteiger partial charge in [0.05, 0.1) is 19.1 Å².